The van der Waals surface area contributed by atoms with Gasteiger partial charge in [0.25, 0.3) is 45.4 Å². The number of halogens is 5. The molecule has 0 unspecified atom stereocenters. The summed E-state index contributed by atoms with van der Waals surface area (Å²) < 4.78 is 206. The van der Waals surface area contributed by atoms with Gasteiger partial charge in [0.15, 0.2) is 19.6 Å². The second-order valence-electron chi connectivity index (χ2n) is 25.9. The molecule has 0 spiro atoms. The van der Waals surface area contributed by atoms with Crippen molar-refractivity contribution in [2.45, 2.75) is 121 Å². The number of thiazole rings is 3. The number of fused-ring (bicyclic) bond motifs is 8. The third-order valence-electron chi connectivity index (χ3n) is 17.5. The molecule has 0 atom stereocenters. The summed E-state index contributed by atoms with van der Waals surface area (Å²) in [4.78, 5) is 9.22. The van der Waals surface area contributed by atoms with Gasteiger partial charge in [-0.3, -0.25) is 13.7 Å². The molecule has 3 N–H and O–H groups in total. The minimum Gasteiger partial charge on any atom is -0.748 e. The zero-order valence-electron chi connectivity index (χ0n) is 58.9. The fraction of sp³-hybridized carbons (Fsp3) is 0.338. The number of hydrogen-bond acceptors (Lipinski definition) is 24. The summed E-state index contributed by atoms with van der Waals surface area (Å²) in [6, 6.07) is 40.9. The van der Waals surface area contributed by atoms with E-state index in [0.717, 1.165) is 112 Å². The van der Waals surface area contributed by atoms with Gasteiger partial charge in [0.05, 0.1) is 103 Å². The van der Waals surface area contributed by atoms with E-state index in [2.05, 4.69) is 61.4 Å². The van der Waals surface area contributed by atoms with Crippen molar-refractivity contribution in [1.82, 2.24) is 0 Å². The molecule has 0 bridgehead atoms. The molecule has 24 nitrogen and oxygen atoms in total. The standard InChI is InChI=1S/C25H23ClN2O6S4.C23H24Br2N2O6S4.C23H24Cl2N2O6S4.3CH4/c26-18-8-10-21-20(15-18)27(11-3-13-37(29,30)31)23(35-21)16-24-28(12-4-14-38(32,33)34)25-19-6-2-1-5-17(19)7-9-22(25)36-24;2*24-16-5-7-20-18(13-16)26(9-1-3-11-36(28,29)30)22(34-20)15-23-27(10-2-4-12-37(31,32)33)19-14-17(25)6-8-21(19)35-23;;;/h1-2,5-10,15-16H,3-4,11-14H2,(H-,29,30,31,32,33,34);2*5-8,13-15H,1-4,9-12H2,(H-,28,29,30,31,32,33);3*1H4. The Kier molecular flexibility index (Phi) is 34.5. The van der Waals surface area contributed by atoms with Gasteiger partial charge in [0, 0.05) is 107 Å². The molecule has 0 amide bonds. The van der Waals surface area contributed by atoms with Crippen LogP contribution in [-0.4, -0.2) is 132 Å². The van der Waals surface area contributed by atoms with Crippen LogP contribution in [0.3, 0.4) is 0 Å². The maximum atomic E-state index is 11.4. The Morgan fingerprint density at radius 3 is 1.23 bits per heavy atom. The number of hydrogen-bond donors (Lipinski definition) is 3. The summed E-state index contributed by atoms with van der Waals surface area (Å²) in [5, 5.41) is 9.32. The van der Waals surface area contributed by atoms with Crippen molar-refractivity contribution in [1.29, 1.82) is 0 Å². The predicted molar refractivity (Wildman–Crippen MR) is 476 cm³/mol. The van der Waals surface area contributed by atoms with Crippen LogP contribution in [0.15, 0.2) is 166 Å². The van der Waals surface area contributed by atoms with Gasteiger partial charge in [-0.1, -0.05) is 183 Å². The van der Waals surface area contributed by atoms with Crippen molar-refractivity contribution in [3.63, 3.8) is 0 Å². The average molecular weight is 2000 g/mol. The van der Waals surface area contributed by atoms with E-state index in [1.807, 2.05) is 138 Å². The largest absolute Gasteiger partial charge is 0.748 e. The van der Waals surface area contributed by atoms with Crippen LogP contribution >= 0.6 is 136 Å². The lowest BCUT2D eigenvalue weighted by Crippen LogP contribution is -2.36. The Morgan fingerprint density at radius 1 is 0.383 bits per heavy atom. The van der Waals surface area contributed by atoms with Crippen LogP contribution in [0.1, 0.15) is 102 Å². The summed E-state index contributed by atoms with van der Waals surface area (Å²) in [6.45, 7) is 2.85. The number of nitrogens with zero attached hydrogens (tertiary/aromatic N) is 6. The molecule has 3 aromatic heterocycles. The predicted octanol–water partition coefficient (Wildman–Crippen LogP) is 18.0. The van der Waals surface area contributed by atoms with Gasteiger partial charge in [-0.25, -0.2) is 25.3 Å². The summed E-state index contributed by atoms with van der Waals surface area (Å²) in [6.07, 6.45) is 9.88. The van der Waals surface area contributed by atoms with Gasteiger partial charge < -0.3 is 28.4 Å². The first kappa shape index (κ1) is 95.9. The van der Waals surface area contributed by atoms with Gasteiger partial charge in [-0.15, -0.1) is 0 Å². The van der Waals surface area contributed by atoms with Gasteiger partial charge in [0.2, 0.25) is 16.6 Å². The first-order chi connectivity index (χ1) is 52.8. The van der Waals surface area contributed by atoms with Gasteiger partial charge >= 0.3 is 0 Å². The lowest BCUT2D eigenvalue weighted by Gasteiger charge is -2.20. The summed E-state index contributed by atoms with van der Waals surface area (Å²) in [7, 11) is -25.0. The zero-order chi connectivity index (χ0) is 80.7. The number of aryl methyl sites for hydroxylation is 3. The van der Waals surface area contributed by atoms with Crippen molar-refractivity contribution in [2.75, 3.05) is 68.9 Å². The van der Waals surface area contributed by atoms with E-state index < -0.39 is 72.2 Å². The fourth-order valence-corrected chi connectivity index (χ4v) is 23.9. The first-order valence-electron chi connectivity index (χ1n) is 34.4. The zero-order valence-corrected chi connectivity index (χ0v) is 74.1. The molecule has 6 heterocycles. The van der Waals surface area contributed by atoms with Crippen molar-refractivity contribution >= 4 is 273 Å². The Hall–Kier alpha value is -4.57. The van der Waals surface area contributed by atoms with E-state index in [0.29, 0.717) is 92.9 Å². The molecule has 10 aromatic rings. The Bertz CT molecular complexity index is 5820. The molecule has 624 valence electrons. The van der Waals surface area contributed by atoms with E-state index in [9.17, 15) is 68.7 Å². The maximum absolute atomic E-state index is 11.4. The topological polar surface area (TPSA) is 356 Å². The highest BCUT2D eigenvalue weighted by atomic mass is 79.9. The second kappa shape index (κ2) is 41.3. The summed E-state index contributed by atoms with van der Waals surface area (Å²) in [5.41, 5.74) is 5.68. The van der Waals surface area contributed by atoms with Gasteiger partial charge in [-0.2, -0.15) is 39.0 Å². The molecule has 115 heavy (non-hydrogen) atoms. The van der Waals surface area contributed by atoms with Crippen molar-refractivity contribution < 1.29 is 91.5 Å². The normalized spacial score (nSPS) is 14.7. The monoisotopic (exact) mass is 1990 g/mol. The molecule has 0 aliphatic carbocycles. The highest BCUT2D eigenvalue weighted by Crippen LogP contribution is 2.51. The number of rotatable bonds is 31. The van der Waals surface area contributed by atoms with Crippen LogP contribution in [0.5, 0.6) is 0 Å². The highest BCUT2D eigenvalue weighted by Gasteiger charge is 2.33. The van der Waals surface area contributed by atoms with Gasteiger partial charge in [0.1, 0.15) is 14.1 Å². The minimum atomic E-state index is -4.35. The molecule has 0 fully saturated rings. The maximum Gasteiger partial charge on any atom is 0.265 e. The molecular formula is C74H83Br2Cl3N6O18S12. The van der Waals surface area contributed by atoms with Crippen molar-refractivity contribution in [2.24, 2.45) is 0 Å². The number of benzene rings is 7. The summed E-state index contributed by atoms with van der Waals surface area (Å²) in [5.74, 6) is -2.19. The number of thioether (sulfide) groups is 3. The van der Waals surface area contributed by atoms with Crippen molar-refractivity contribution in [3.8, 4) is 0 Å². The molecule has 0 saturated carbocycles. The van der Waals surface area contributed by atoms with Crippen molar-refractivity contribution in [3.05, 3.63) is 182 Å². The molecule has 13 rings (SSSR count). The minimum absolute atomic E-state index is 0. The summed E-state index contributed by atoms with van der Waals surface area (Å²) >= 11 is 35.3. The first-order valence-corrected chi connectivity index (χ1v) is 51.6. The number of anilines is 3. The second-order valence-corrected chi connectivity index (χ2v) is 44.7. The smallest absolute Gasteiger partial charge is 0.265 e. The third-order valence-corrected chi connectivity index (χ3v) is 30.6. The molecular weight excluding hydrogens is 1910 g/mol. The average Bonchev–Trinajstić information content (AvgIpc) is 1.62. The fourth-order valence-electron chi connectivity index (χ4n) is 12.6. The SMILES string of the molecule is C.C.C.O=S(=O)([O-])CCCCN1C(=Cc2sc3ccc(Br)cc3[n+]2CCCCS(=O)(=O)O)Sc2ccc(Br)cc21.O=S(=O)([O-])CCCCN1C(=Cc2sc3ccc(Cl)cc3[n+]2CCCCS(=O)(=O)O)Sc2ccc(Cl)cc21.O=S(=O)([O-])CCCN1C(=Cc2sc3ccc4ccccc4c3[n+]2CCCS(=O)(=O)O)Sc2ccc(Cl)cc21. The van der Waals surface area contributed by atoms with Crippen LogP contribution in [0.2, 0.25) is 15.1 Å². The molecule has 7 aromatic carbocycles. The van der Waals surface area contributed by atoms with Crippen LogP contribution < -0.4 is 28.4 Å². The lowest BCUT2D eigenvalue weighted by molar-refractivity contribution is -0.669. The Labute approximate surface area is 728 Å². The van der Waals surface area contributed by atoms with Crippen LogP contribution in [0, 0.1) is 0 Å². The molecule has 41 heteroatoms. The molecule has 0 radical (unpaired) electrons. The highest BCUT2D eigenvalue weighted by molar-refractivity contribution is 9.10. The van der Waals surface area contributed by atoms with E-state index in [-0.39, 0.29) is 71.0 Å². The molecule has 3 aliphatic rings. The Balaban J connectivity index is 0.000000213. The van der Waals surface area contributed by atoms with Crippen LogP contribution in [0.25, 0.3) is 59.7 Å². The quantitative estimate of drug-likeness (QED) is 0.0206. The molecule has 3 aliphatic heterocycles. The van der Waals surface area contributed by atoms with E-state index >= 15 is 0 Å². The van der Waals surface area contributed by atoms with Crippen LogP contribution in [-0.2, 0) is 80.3 Å². The van der Waals surface area contributed by atoms with E-state index in [4.69, 9.17) is 43.9 Å². The Morgan fingerprint density at radius 2 is 0.739 bits per heavy atom. The lowest BCUT2D eigenvalue weighted by atomic mass is 10.1. The van der Waals surface area contributed by atoms with E-state index in [1.54, 1.807) is 63.6 Å². The third kappa shape index (κ3) is 27.5. The molecule has 0 saturated heterocycles. The van der Waals surface area contributed by atoms with Crippen LogP contribution in [0.4, 0.5) is 17.1 Å². The van der Waals surface area contributed by atoms with E-state index in [1.165, 1.54) is 11.8 Å². The number of aromatic nitrogens is 3. The number of unbranched alkanes of at least 4 members (excludes halogenated alkanes) is 4. The van der Waals surface area contributed by atoms with Gasteiger partial charge in [-0.05, 0) is 141 Å².